The third-order valence-electron chi connectivity index (χ3n) is 3.64. The van der Waals surface area contributed by atoms with Crippen LogP contribution in [0.3, 0.4) is 0 Å². The summed E-state index contributed by atoms with van der Waals surface area (Å²) in [5.41, 5.74) is 1.45. The second-order valence-corrected chi connectivity index (χ2v) is 6.55. The second kappa shape index (κ2) is 9.55. The molecule has 1 aromatic rings. The van der Waals surface area contributed by atoms with E-state index in [4.69, 9.17) is 0 Å². The number of halogens is 1. The molecule has 0 saturated carbocycles. The predicted molar refractivity (Wildman–Crippen MR) is 88.6 cm³/mol. The normalized spacial score (nSPS) is 14.3. The first-order valence-electron chi connectivity index (χ1n) is 7.60. The highest BCUT2D eigenvalue weighted by atomic mass is 79.9. The van der Waals surface area contributed by atoms with Gasteiger partial charge >= 0.3 is 0 Å². The number of rotatable bonds is 9. The van der Waals surface area contributed by atoms with Crippen LogP contribution in [-0.4, -0.2) is 13.1 Å². The lowest BCUT2D eigenvalue weighted by Gasteiger charge is -2.21. The van der Waals surface area contributed by atoms with Gasteiger partial charge in [-0.2, -0.15) is 0 Å². The molecule has 0 radical (unpaired) electrons. The van der Waals surface area contributed by atoms with Crippen LogP contribution >= 0.6 is 15.9 Å². The summed E-state index contributed by atoms with van der Waals surface area (Å²) in [6.07, 6.45) is 5.17. The number of hydrogen-bond acceptors (Lipinski definition) is 1. The van der Waals surface area contributed by atoms with Gasteiger partial charge in [0.1, 0.15) is 0 Å². The van der Waals surface area contributed by atoms with E-state index in [-0.39, 0.29) is 0 Å². The van der Waals surface area contributed by atoms with Crippen molar-refractivity contribution in [2.75, 3.05) is 13.1 Å². The van der Waals surface area contributed by atoms with Crippen LogP contribution in [0, 0.1) is 11.8 Å². The van der Waals surface area contributed by atoms with Crippen LogP contribution in [-0.2, 0) is 6.42 Å². The van der Waals surface area contributed by atoms with E-state index in [0.717, 1.165) is 24.9 Å². The van der Waals surface area contributed by atoms with Gasteiger partial charge in [0.15, 0.2) is 0 Å². The molecule has 1 rings (SSSR count). The third-order valence-corrected chi connectivity index (χ3v) is 4.17. The van der Waals surface area contributed by atoms with Gasteiger partial charge in [0, 0.05) is 4.47 Å². The molecule has 0 aliphatic carbocycles. The summed E-state index contributed by atoms with van der Waals surface area (Å²) in [5.74, 6) is 1.59. The highest BCUT2D eigenvalue weighted by molar-refractivity contribution is 9.10. The summed E-state index contributed by atoms with van der Waals surface area (Å²) in [5, 5.41) is 3.52. The van der Waals surface area contributed by atoms with Crippen LogP contribution < -0.4 is 5.32 Å². The number of benzene rings is 1. The molecule has 0 saturated heterocycles. The average molecular weight is 326 g/mol. The van der Waals surface area contributed by atoms with Gasteiger partial charge < -0.3 is 5.32 Å². The van der Waals surface area contributed by atoms with Gasteiger partial charge in [-0.05, 0) is 55.5 Å². The number of hydrogen-bond donors (Lipinski definition) is 1. The second-order valence-electron chi connectivity index (χ2n) is 5.63. The van der Waals surface area contributed by atoms with Crippen molar-refractivity contribution in [2.45, 2.75) is 46.5 Å². The molecule has 2 heteroatoms. The first kappa shape index (κ1) is 16.7. The van der Waals surface area contributed by atoms with Crippen molar-refractivity contribution in [3.63, 3.8) is 0 Å². The van der Waals surface area contributed by atoms with Crippen molar-refractivity contribution < 1.29 is 0 Å². The lowest BCUT2D eigenvalue weighted by atomic mass is 9.88. The predicted octanol–water partition coefficient (Wildman–Crippen LogP) is 5.04. The van der Waals surface area contributed by atoms with E-state index in [0.29, 0.717) is 0 Å². The summed E-state index contributed by atoms with van der Waals surface area (Å²) < 4.78 is 1.17. The Bertz CT molecular complexity index is 334. The minimum Gasteiger partial charge on any atom is -0.317 e. The van der Waals surface area contributed by atoms with E-state index >= 15 is 0 Å². The fraction of sp³-hybridized carbons (Fsp3) is 0.647. The first-order valence-corrected chi connectivity index (χ1v) is 8.40. The fourth-order valence-corrected chi connectivity index (χ4v) is 2.99. The zero-order chi connectivity index (χ0) is 14.1. The molecule has 0 aliphatic heterocycles. The van der Waals surface area contributed by atoms with Crippen molar-refractivity contribution in [2.24, 2.45) is 11.8 Å². The van der Waals surface area contributed by atoms with Crippen LogP contribution in [0.2, 0.25) is 0 Å². The summed E-state index contributed by atoms with van der Waals surface area (Å²) in [6.45, 7) is 9.07. The lowest BCUT2D eigenvalue weighted by Crippen LogP contribution is -2.25. The highest BCUT2D eigenvalue weighted by Crippen LogP contribution is 2.21. The Morgan fingerprint density at radius 3 is 2.42 bits per heavy atom. The van der Waals surface area contributed by atoms with Crippen LogP contribution in [0.4, 0.5) is 0 Å². The Hall–Kier alpha value is -0.340. The van der Waals surface area contributed by atoms with Gasteiger partial charge in [0.05, 0.1) is 0 Å². The van der Waals surface area contributed by atoms with Crippen LogP contribution in [0.25, 0.3) is 0 Å². The molecule has 1 N–H and O–H groups in total. The van der Waals surface area contributed by atoms with Gasteiger partial charge in [-0.25, -0.2) is 0 Å². The van der Waals surface area contributed by atoms with E-state index in [9.17, 15) is 0 Å². The van der Waals surface area contributed by atoms with Crippen LogP contribution in [0.5, 0.6) is 0 Å². The Kier molecular flexibility index (Phi) is 8.40. The minimum absolute atomic E-state index is 0.752. The minimum atomic E-state index is 0.752. The van der Waals surface area contributed by atoms with Crippen molar-refractivity contribution >= 4 is 15.9 Å². The standard InChI is InChI=1S/C17H28BrN/c1-4-6-14(3)11-16(13-19-5-2)12-15-7-9-17(18)10-8-15/h7-10,14,16,19H,4-6,11-13H2,1-3H3. The molecule has 1 nitrogen and oxygen atoms in total. The molecule has 0 spiro atoms. The summed E-state index contributed by atoms with van der Waals surface area (Å²) in [6, 6.07) is 8.78. The van der Waals surface area contributed by atoms with Gasteiger partial charge in [-0.1, -0.05) is 61.7 Å². The van der Waals surface area contributed by atoms with E-state index in [1.54, 1.807) is 0 Å². The topological polar surface area (TPSA) is 12.0 Å². The molecule has 19 heavy (non-hydrogen) atoms. The molecule has 0 fully saturated rings. The van der Waals surface area contributed by atoms with E-state index in [1.165, 1.54) is 35.7 Å². The Morgan fingerprint density at radius 1 is 1.16 bits per heavy atom. The van der Waals surface area contributed by atoms with Crippen molar-refractivity contribution in [1.82, 2.24) is 5.32 Å². The Labute approximate surface area is 127 Å². The molecule has 0 heterocycles. The lowest BCUT2D eigenvalue weighted by molar-refractivity contribution is 0.356. The van der Waals surface area contributed by atoms with Gasteiger partial charge in [-0.15, -0.1) is 0 Å². The summed E-state index contributed by atoms with van der Waals surface area (Å²) in [7, 11) is 0. The van der Waals surface area contributed by atoms with Crippen LogP contribution in [0.1, 0.15) is 45.6 Å². The van der Waals surface area contributed by atoms with Crippen LogP contribution in [0.15, 0.2) is 28.7 Å². The monoisotopic (exact) mass is 325 g/mol. The molecule has 2 atom stereocenters. The molecule has 2 unspecified atom stereocenters. The summed E-state index contributed by atoms with van der Waals surface area (Å²) >= 11 is 3.50. The maximum atomic E-state index is 3.52. The van der Waals surface area contributed by atoms with Gasteiger partial charge in [0.25, 0.3) is 0 Å². The number of nitrogens with one attached hydrogen (secondary N) is 1. The van der Waals surface area contributed by atoms with Crippen molar-refractivity contribution in [3.8, 4) is 0 Å². The Morgan fingerprint density at radius 2 is 1.84 bits per heavy atom. The SMILES string of the molecule is CCCC(C)CC(CNCC)Cc1ccc(Br)cc1. The van der Waals surface area contributed by atoms with Gasteiger partial charge in [-0.3, -0.25) is 0 Å². The van der Waals surface area contributed by atoms with E-state index in [1.807, 2.05) is 0 Å². The maximum absolute atomic E-state index is 3.52. The molecule has 0 amide bonds. The molecule has 0 aliphatic rings. The van der Waals surface area contributed by atoms with Gasteiger partial charge in [0.2, 0.25) is 0 Å². The molecule has 0 bridgehead atoms. The molecule has 1 aromatic carbocycles. The fourth-order valence-electron chi connectivity index (χ4n) is 2.72. The third kappa shape index (κ3) is 7.12. The maximum Gasteiger partial charge on any atom is 0.0175 e. The highest BCUT2D eigenvalue weighted by Gasteiger charge is 2.13. The quantitative estimate of drug-likeness (QED) is 0.670. The van der Waals surface area contributed by atoms with Crippen molar-refractivity contribution in [1.29, 1.82) is 0 Å². The zero-order valence-corrected chi connectivity index (χ0v) is 14.2. The molecular weight excluding hydrogens is 298 g/mol. The molecule has 0 aromatic heterocycles. The summed E-state index contributed by atoms with van der Waals surface area (Å²) in [4.78, 5) is 0. The van der Waals surface area contributed by atoms with E-state index < -0.39 is 0 Å². The Balaban J connectivity index is 2.54. The smallest absolute Gasteiger partial charge is 0.0175 e. The molecule has 108 valence electrons. The average Bonchev–Trinajstić information content (AvgIpc) is 2.39. The van der Waals surface area contributed by atoms with Crippen molar-refractivity contribution in [3.05, 3.63) is 34.3 Å². The van der Waals surface area contributed by atoms with E-state index in [2.05, 4.69) is 66.3 Å². The molecular formula is C17H28BrN. The first-order chi connectivity index (χ1) is 9.15. The zero-order valence-electron chi connectivity index (χ0n) is 12.6. The largest absolute Gasteiger partial charge is 0.317 e.